The quantitative estimate of drug-likeness (QED) is 0.897. The minimum absolute atomic E-state index is 0.0489. The number of fused-ring (bicyclic) bond motifs is 1. The molecule has 0 fully saturated rings. The molecule has 7 heteroatoms. The van der Waals surface area contributed by atoms with E-state index >= 15 is 0 Å². The van der Waals surface area contributed by atoms with Crippen LogP contribution in [0.25, 0.3) is 0 Å². The van der Waals surface area contributed by atoms with Gasteiger partial charge in [-0.05, 0) is 37.3 Å². The molecule has 1 aliphatic rings. The minimum atomic E-state index is -0.244. The molecule has 2 amide bonds. The molecule has 2 N–H and O–H groups in total. The van der Waals surface area contributed by atoms with Crippen LogP contribution in [0.1, 0.15) is 17.3 Å². The molecule has 0 unspecified atom stereocenters. The first-order chi connectivity index (χ1) is 11.5. The van der Waals surface area contributed by atoms with Crippen molar-refractivity contribution in [1.82, 2.24) is 4.98 Å². The first-order valence-electron chi connectivity index (χ1n) is 7.51. The lowest BCUT2D eigenvalue weighted by Crippen LogP contribution is -2.26. The number of aromatic nitrogens is 1. The number of hydrogen-bond acceptors (Lipinski definition) is 5. The highest BCUT2D eigenvalue weighted by Crippen LogP contribution is 2.36. The number of anilines is 3. The Morgan fingerprint density at radius 1 is 1.33 bits per heavy atom. The van der Waals surface area contributed by atoms with Gasteiger partial charge >= 0.3 is 0 Å². The lowest BCUT2D eigenvalue weighted by molar-refractivity contribution is -0.115. The number of carbonyl (C=O) groups excluding carboxylic acids is 2. The zero-order chi connectivity index (χ0) is 17.3. The molecular weight excluding hydrogens is 324 g/mol. The first-order valence-corrected chi connectivity index (χ1v) is 8.39. The van der Waals surface area contributed by atoms with Gasteiger partial charge in [-0.2, -0.15) is 0 Å². The molecular formula is C17H18N4O2S. The molecule has 0 saturated heterocycles. The summed E-state index contributed by atoms with van der Waals surface area (Å²) in [6, 6.07) is 8.90. The minimum Gasteiger partial charge on any atom is -0.361 e. The predicted octanol–water partition coefficient (Wildman–Crippen LogP) is 2.83. The molecule has 0 radical (unpaired) electrons. The van der Waals surface area contributed by atoms with Crippen molar-refractivity contribution in [3.05, 3.63) is 42.1 Å². The predicted molar refractivity (Wildman–Crippen MR) is 96.9 cm³/mol. The molecule has 0 bridgehead atoms. The van der Waals surface area contributed by atoms with Crippen LogP contribution in [-0.2, 0) is 4.79 Å². The number of rotatable bonds is 3. The Balaban J connectivity index is 1.84. The van der Waals surface area contributed by atoms with Crippen LogP contribution < -0.4 is 15.5 Å². The lowest BCUT2D eigenvalue weighted by Gasteiger charge is -2.22. The summed E-state index contributed by atoms with van der Waals surface area (Å²) in [7, 11) is 3.73. The summed E-state index contributed by atoms with van der Waals surface area (Å²) >= 11 is 1.49. The molecule has 1 aromatic heterocycles. The van der Waals surface area contributed by atoms with Gasteiger partial charge in [0.05, 0.1) is 16.6 Å². The van der Waals surface area contributed by atoms with E-state index < -0.39 is 0 Å². The van der Waals surface area contributed by atoms with E-state index in [0.29, 0.717) is 22.8 Å². The Kier molecular flexibility index (Phi) is 4.44. The Morgan fingerprint density at radius 2 is 2.12 bits per heavy atom. The maximum atomic E-state index is 12.5. The van der Waals surface area contributed by atoms with Crippen LogP contribution in [0.5, 0.6) is 0 Å². The topological polar surface area (TPSA) is 74.3 Å². The molecule has 2 aromatic rings. The summed E-state index contributed by atoms with van der Waals surface area (Å²) in [4.78, 5) is 31.4. The molecule has 124 valence electrons. The summed E-state index contributed by atoms with van der Waals surface area (Å²) in [5.74, 6) is 0.389. The van der Waals surface area contributed by atoms with E-state index in [1.54, 1.807) is 30.5 Å². The van der Waals surface area contributed by atoms with Gasteiger partial charge in [-0.25, -0.2) is 4.98 Å². The number of benzene rings is 1. The van der Waals surface area contributed by atoms with Crippen molar-refractivity contribution < 1.29 is 9.59 Å². The SMILES string of the molecule is C[C@@H]1Sc2ccc(C(=O)Nc3cccnc3N(C)C)cc2NC1=O. The number of carbonyl (C=O) groups is 2. The van der Waals surface area contributed by atoms with Crippen molar-refractivity contribution in [2.45, 2.75) is 17.1 Å². The van der Waals surface area contributed by atoms with Crippen LogP contribution in [0.15, 0.2) is 41.4 Å². The van der Waals surface area contributed by atoms with Gasteiger partial charge in [0.25, 0.3) is 5.91 Å². The largest absolute Gasteiger partial charge is 0.361 e. The fraction of sp³-hybridized carbons (Fsp3) is 0.235. The van der Waals surface area contributed by atoms with Gasteiger partial charge in [0.1, 0.15) is 0 Å². The highest BCUT2D eigenvalue weighted by molar-refractivity contribution is 8.00. The standard InChI is InChI=1S/C17H18N4O2S/c1-10-16(22)20-13-9-11(6-7-14(13)24-10)17(23)19-12-5-4-8-18-15(12)21(2)3/h4-10H,1-3H3,(H,19,23)(H,20,22)/t10-/m0/s1. The summed E-state index contributed by atoms with van der Waals surface area (Å²) < 4.78 is 0. The number of nitrogens with zero attached hydrogens (tertiary/aromatic N) is 2. The Hall–Kier alpha value is -2.54. The van der Waals surface area contributed by atoms with E-state index in [4.69, 9.17) is 0 Å². The van der Waals surface area contributed by atoms with Crippen molar-refractivity contribution in [2.75, 3.05) is 29.6 Å². The van der Waals surface area contributed by atoms with Crippen LogP contribution in [0.4, 0.5) is 17.2 Å². The second kappa shape index (κ2) is 6.52. The fourth-order valence-electron chi connectivity index (χ4n) is 2.40. The van der Waals surface area contributed by atoms with Crippen molar-refractivity contribution in [1.29, 1.82) is 0 Å². The highest BCUT2D eigenvalue weighted by atomic mass is 32.2. The zero-order valence-electron chi connectivity index (χ0n) is 13.7. The van der Waals surface area contributed by atoms with Crippen molar-refractivity contribution in [3.63, 3.8) is 0 Å². The molecule has 24 heavy (non-hydrogen) atoms. The van der Waals surface area contributed by atoms with Gasteiger partial charge in [-0.3, -0.25) is 9.59 Å². The van der Waals surface area contributed by atoms with Gasteiger partial charge in [-0.15, -0.1) is 11.8 Å². The van der Waals surface area contributed by atoms with Gasteiger partial charge in [0.2, 0.25) is 5.91 Å². The van der Waals surface area contributed by atoms with Crippen LogP contribution in [0.2, 0.25) is 0 Å². The summed E-state index contributed by atoms with van der Waals surface area (Å²) in [6.45, 7) is 1.86. The maximum Gasteiger partial charge on any atom is 0.255 e. The highest BCUT2D eigenvalue weighted by Gasteiger charge is 2.24. The van der Waals surface area contributed by atoms with E-state index in [1.807, 2.05) is 32.0 Å². The van der Waals surface area contributed by atoms with Gasteiger partial charge in [0.15, 0.2) is 5.82 Å². The monoisotopic (exact) mass is 342 g/mol. The number of pyridine rings is 1. The van der Waals surface area contributed by atoms with Crippen LogP contribution >= 0.6 is 11.8 Å². The first kappa shape index (κ1) is 16.3. The molecule has 6 nitrogen and oxygen atoms in total. The number of thioether (sulfide) groups is 1. The Labute approximate surface area is 144 Å². The average Bonchev–Trinajstić information content (AvgIpc) is 2.55. The second-order valence-corrected chi connectivity index (χ2v) is 7.07. The molecule has 1 aliphatic heterocycles. The fourth-order valence-corrected chi connectivity index (χ4v) is 3.33. The van der Waals surface area contributed by atoms with Crippen LogP contribution in [0.3, 0.4) is 0 Å². The van der Waals surface area contributed by atoms with E-state index in [0.717, 1.165) is 4.90 Å². The molecule has 0 saturated carbocycles. The van der Waals surface area contributed by atoms with Crippen LogP contribution in [-0.4, -0.2) is 36.1 Å². The second-order valence-electron chi connectivity index (χ2n) is 5.68. The molecule has 1 atom stereocenters. The third-order valence-corrected chi connectivity index (χ3v) is 4.81. The third-order valence-electron chi connectivity index (χ3n) is 3.63. The lowest BCUT2D eigenvalue weighted by atomic mass is 10.1. The van der Waals surface area contributed by atoms with Crippen molar-refractivity contribution >= 4 is 40.8 Å². The molecule has 3 rings (SSSR count). The zero-order valence-corrected chi connectivity index (χ0v) is 14.5. The van der Waals surface area contributed by atoms with Crippen molar-refractivity contribution in [2.24, 2.45) is 0 Å². The number of hydrogen-bond donors (Lipinski definition) is 2. The Bertz CT molecular complexity index is 807. The number of amides is 2. The average molecular weight is 342 g/mol. The Morgan fingerprint density at radius 3 is 2.88 bits per heavy atom. The molecule has 0 aliphatic carbocycles. The molecule has 1 aromatic carbocycles. The summed E-state index contributed by atoms with van der Waals surface area (Å²) in [5, 5.41) is 5.58. The third kappa shape index (κ3) is 3.21. The molecule has 0 spiro atoms. The van der Waals surface area contributed by atoms with Gasteiger partial charge in [-0.1, -0.05) is 0 Å². The van der Waals surface area contributed by atoms with Gasteiger partial charge < -0.3 is 15.5 Å². The van der Waals surface area contributed by atoms with E-state index in [9.17, 15) is 9.59 Å². The van der Waals surface area contributed by atoms with E-state index in [1.165, 1.54) is 11.8 Å². The summed E-state index contributed by atoms with van der Waals surface area (Å²) in [6.07, 6.45) is 1.68. The van der Waals surface area contributed by atoms with E-state index in [2.05, 4.69) is 15.6 Å². The van der Waals surface area contributed by atoms with Crippen LogP contribution in [0, 0.1) is 0 Å². The van der Waals surface area contributed by atoms with Crippen molar-refractivity contribution in [3.8, 4) is 0 Å². The number of nitrogens with one attached hydrogen (secondary N) is 2. The maximum absolute atomic E-state index is 12.5. The van der Waals surface area contributed by atoms with E-state index in [-0.39, 0.29) is 17.1 Å². The smallest absolute Gasteiger partial charge is 0.255 e. The normalized spacial score (nSPS) is 16.1. The summed E-state index contributed by atoms with van der Waals surface area (Å²) in [5.41, 5.74) is 1.80. The molecule has 2 heterocycles. The van der Waals surface area contributed by atoms with Gasteiger partial charge in [0, 0.05) is 30.8 Å².